The van der Waals surface area contributed by atoms with E-state index in [1.54, 1.807) is 29.2 Å². The van der Waals surface area contributed by atoms with Crippen LogP contribution in [-0.4, -0.2) is 53.4 Å². The summed E-state index contributed by atoms with van der Waals surface area (Å²) in [4.78, 5) is 39.0. The molecule has 8 heteroatoms. The fraction of sp³-hybridized carbons (Fsp3) is 0.250. The lowest BCUT2D eigenvalue weighted by Gasteiger charge is -2.20. The molecule has 2 saturated heterocycles. The Labute approximate surface area is 160 Å². The third-order valence-electron chi connectivity index (χ3n) is 4.73. The number of amides is 3. The summed E-state index contributed by atoms with van der Waals surface area (Å²) in [6.07, 6.45) is -0.141. The van der Waals surface area contributed by atoms with Gasteiger partial charge in [-0.05, 0) is 48.9 Å². The molecule has 28 heavy (non-hydrogen) atoms. The van der Waals surface area contributed by atoms with Gasteiger partial charge in [-0.25, -0.2) is 14.1 Å². The molecule has 0 aliphatic carbocycles. The molecule has 144 valence electrons. The van der Waals surface area contributed by atoms with Gasteiger partial charge in [0.25, 0.3) is 11.8 Å². The molecule has 0 spiro atoms. The van der Waals surface area contributed by atoms with E-state index < -0.39 is 6.09 Å². The van der Waals surface area contributed by atoms with Crippen LogP contribution >= 0.6 is 0 Å². The van der Waals surface area contributed by atoms with E-state index in [0.717, 1.165) is 4.90 Å². The molecule has 2 fully saturated rings. The monoisotopic (exact) mass is 384 g/mol. The first kappa shape index (κ1) is 18.0. The Morgan fingerprint density at radius 2 is 1.89 bits per heavy atom. The highest BCUT2D eigenvalue weighted by Gasteiger charge is 2.41. The normalized spacial score (nSPS) is 19.1. The fourth-order valence-electron chi connectivity index (χ4n) is 3.37. The molecule has 0 radical (unpaired) electrons. The molecule has 0 N–H and O–H groups in total. The lowest BCUT2D eigenvalue weighted by atomic mass is 10.2. The van der Waals surface area contributed by atoms with Gasteiger partial charge in [0.05, 0.1) is 6.04 Å². The largest absolute Gasteiger partial charge is 0.457 e. The van der Waals surface area contributed by atoms with E-state index in [1.165, 1.54) is 24.3 Å². The van der Waals surface area contributed by atoms with E-state index in [0.29, 0.717) is 30.0 Å². The number of carbonyl (C=O) groups is 3. The first-order valence-electron chi connectivity index (χ1n) is 8.83. The van der Waals surface area contributed by atoms with Crippen LogP contribution in [0.15, 0.2) is 48.5 Å². The van der Waals surface area contributed by atoms with Crippen molar-refractivity contribution < 1.29 is 28.2 Å². The van der Waals surface area contributed by atoms with Crippen molar-refractivity contribution in [3.05, 3.63) is 59.9 Å². The number of imide groups is 1. The Morgan fingerprint density at radius 3 is 2.61 bits per heavy atom. The highest BCUT2D eigenvalue weighted by molar-refractivity contribution is 5.99. The average Bonchev–Trinajstić information content (AvgIpc) is 3.29. The van der Waals surface area contributed by atoms with Crippen LogP contribution in [-0.2, 0) is 9.53 Å². The van der Waals surface area contributed by atoms with Crippen LogP contribution in [0, 0.1) is 5.82 Å². The third kappa shape index (κ3) is 3.53. The summed E-state index contributed by atoms with van der Waals surface area (Å²) in [6.45, 7) is 0.457. The zero-order chi connectivity index (χ0) is 19.7. The number of nitrogens with zero attached hydrogens (tertiary/aromatic N) is 2. The maximum atomic E-state index is 13.0. The molecule has 1 unspecified atom stereocenters. The van der Waals surface area contributed by atoms with Gasteiger partial charge in [0.15, 0.2) is 6.61 Å². The average molecular weight is 384 g/mol. The van der Waals surface area contributed by atoms with Crippen LogP contribution in [0.25, 0.3) is 0 Å². The molecular weight excluding hydrogens is 367 g/mol. The minimum atomic E-state index is -0.654. The quantitative estimate of drug-likeness (QED) is 0.810. The van der Waals surface area contributed by atoms with E-state index in [1.807, 2.05) is 0 Å². The Balaban J connectivity index is 1.44. The van der Waals surface area contributed by atoms with Crippen molar-refractivity contribution in [3.63, 3.8) is 0 Å². The molecule has 2 heterocycles. The summed E-state index contributed by atoms with van der Waals surface area (Å²) in [5.41, 5.74) is 0.426. The highest BCUT2D eigenvalue weighted by Crippen LogP contribution is 2.25. The molecule has 2 aromatic rings. The van der Waals surface area contributed by atoms with Crippen molar-refractivity contribution in [2.75, 3.05) is 19.7 Å². The summed E-state index contributed by atoms with van der Waals surface area (Å²) in [5, 5.41) is 0. The second kappa shape index (κ2) is 7.30. The molecule has 0 bridgehead atoms. The lowest BCUT2D eigenvalue weighted by molar-refractivity contribution is -0.127. The van der Waals surface area contributed by atoms with Gasteiger partial charge >= 0.3 is 6.09 Å². The number of halogens is 1. The van der Waals surface area contributed by atoms with Crippen molar-refractivity contribution in [2.24, 2.45) is 0 Å². The van der Waals surface area contributed by atoms with Crippen LogP contribution in [0.2, 0.25) is 0 Å². The van der Waals surface area contributed by atoms with Gasteiger partial charge in [-0.15, -0.1) is 0 Å². The topological polar surface area (TPSA) is 76.2 Å². The van der Waals surface area contributed by atoms with Gasteiger partial charge in [-0.3, -0.25) is 9.59 Å². The Hall–Kier alpha value is -3.42. The van der Waals surface area contributed by atoms with E-state index in [-0.39, 0.29) is 36.8 Å². The molecule has 1 atom stereocenters. The Morgan fingerprint density at radius 1 is 1.11 bits per heavy atom. The number of benzene rings is 2. The van der Waals surface area contributed by atoms with Crippen LogP contribution in [0.3, 0.4) is 0 Å². The summed E-state index contributed by atoms with van der Waals surface area (Å²) >= 11 is 0. The summed E-state index contributed by atoms with van der Waals surface area (Å²) in [6, 6.07) is 11.9. The molecule has 2 aliphatic rings. The van der Waals surface area contributed by atoms with E-state index in [2.05, 4.69) is 0 Å². The number of rotatable bonds is 4. The first-order chi connectivity index (χ1) is 13.5. The Bertz CT molecular complexity index is 914. The third-order valence-corrected chi connectivity index (χ3v) is 4.73. The van der Waals surface area contributed by atoms with Crippen molar-refractivity contribution >= 4 is 17.9 Å². The number of cyclic esters (lactones) is 1. The van der Waals surface area contributed by atoms with Crippen molar-refractivity contribution in [1.82, 2.24) is 9.80 Å². The molecule has 7 nitrogen and oxygen atoms in total. The number of ether oxygens (including phenoxy) is 2. The van der Waals surface area contributed by atoms with Gasteiger partial charge in [0.2, 0.25) is 0 Å². The van der Waals surface area contributed by atoms with Crippen LogP contribution in [0.5, 0.6) is 11.5 Å². The minimum absolute atomic E-state index is 0.216. The molecular formula is C20H17FN2O5. The van der Waals surface area contributed by atoms with Crippen molar-refractivity contribution in [3.8, 4) is 11.5 Å². The van der Waals surface area contributed by atoms with Gasteiger partial charge in [0.1, 0.15) is 17.3 Å². The van der Waals surface area contributed by atoms with E-state index in [4.69, 9.17) is 9.47 Å². The second-order valence-corrected chi connectivity index (χ2v) is 6.60. The standard InChI is InChI=1S/C20H17FN2O5/c21-14-4-6-16(7-5-14)28-17-3-1-2-13(10-17)19(25)22-9-8-15(11-22)23-18(24)12-27-20(23)26/h1-7,10,15H,8-9,11-12H2. The molecule has 0 aromatic heterocycles. The van der Waals surface area contributed by atoms with Crippen LogP contribution in [0.1, 0.15) is 16.8 Å². The number of carbonyl (C=O) groups excluding carboxylic acids is 3. The molecule has 2 aliphatic heterocycles. The smallest absolute Gasteiger partial charge is 0.417 e. The fourth-order valence-corrected chi connectivity index (χ4v) is 3.37. The van der Waals surface area contributed by atoms with Crippen LogP contribution in [0.4, 0.5) is 9.18 Å². The lowest BCUT2D eigenvalue weighted by Crippen LogP contribution is -2.42. The molecule has 0 saturated carbocycles. The molecule has 4 rings (SSSR count). The first-order valence-corrected chi connectivity index (χ1v) is 8.83. The van der Waals surface area contributed by atoms with Crippen LogP contribution < -0.4 is 4.74 Å². The van der Waals surface area contributed by atoms with E-state index in [9.17, 15) is 18.8 Å². The highest BCUT2D eigenvalue weighted by atomic mass is 19.1. The summed E-state index contributed by atoms with van der Waals surface area (Å²) in [5.74, 6) is -0.0453. The number of likely N-dealkylation sites (tertiary alicyclic amines) is 1. The molecule has 3 amide bonds. The van der Waals surface area contributed by atoms with E-state index >= 15 is 0 Å². The molecule has 2 aromatic carbocycles. The number of hydrogen-bond acceptors (Lipinski definition) is 5. The maximum absolute atomic E-state index is 13.0. The zero-order valence-corrected chi connectivity index (χ0v) is 14.8. The summed E-state index contributed by atoms with van der Waals surface area (Å²) < 4.78 is 23.4. The maximum Gasteiger partial charge on any atom is 0.417 e. The predicted octanol–water partition coefficient (Wildman–Crippen LogP) is 2.81. The second-order valence-electron chi connectivity index (χ2n) is 6.60. The predicted molar refractivity (Wildman–Crippen MR) is 95.4 cm³/mol. The summed E-state index contributed by atoms with van der Waals surface area (Å²) in [7, 11) is 0. The SMILES string of the molecule is O=C(c1cccc(Oc2ccc(F)cc2)c1)N1CCC(N2C(=O)COC2=O)C1. The van der Waals surface area contributed by atoms with Gasteiger partial charge < -0.3 is 14.4 Å². The van der Waals surface area contributed by atoms with Gasteiger partial charge in [0, 0.05) is 18.7 Å². The van der Waals surface area contributed by atoms with Gasteiger partial charge in [-0.1, -0.05) is 6.07 Å². The minimum Gasteiger partial charge on any atom is -0.457 e. The van der Waals surface area contributed by atoms with Crippen molar-refractivity contribution in [1.29, 1.82) is 0 Å². The Kier molecular flexibility index (Phi) is 4.68. The van der Waals surface area contributed by atoms with Gasteiger partial charge in [-0.2, -0.15) is 0 Å². The zero-order valence-electron chi connectivity index (χ0n) is 14.8. The number of hydrogen-bond donors (Lipinski definition) is 0. The van der Waals surface area contributed by atoms with Crippen molar-refractivity contribution in [2.45, 2.75) is 12.5 Å².